The number of rotatable bonds is 5. The van der Waals surface area contributed by atoms with Gasteiger partial charge in [-0.05, 0) is 26.0 Å². The van der Waals surface area contributed by atoms with Crippen molar-refractivity contribution in [1.82, 2.24) is 10.6 Å². The molecule has 106 valence electrons. The molecule has 0 aromatic carbocycles. The molecule has 0 radical (unpaired) electrons. The van der Waals surface area contributed by atoms with Crippen molar-refractivity contribution in [3.8, 4) is 0 Å². The van der Waals surface area contributed by atoms with Crippen molar-refractivity contribution in [2.24, 2.45) is 0 Å². The first-order chi connectivity index (χ1) is 9.13. The predicted octanol–water partition coefficient (Wildman–Crippen LogP) is 1.48. The second kappa shape index (κ2) is 7.03. The van der Waals surface area contributed by atoms with Crippen LogP contribution >= 0.6 is 11.3 Å². The Kier molecular flexibility index (Phi) is 5.36. The largest absolute Gasteiger partial charge is 0.375 e. The average molecular weight is 282 g/mol. The Labute approximate surface area is 118 Å². The van der Waals surface area contributed by atoms with Crippen LogP contribution in [0.2, 0.25) is 0 Å². The third-order valence-electron chi connectivity index (χ3n) is 3.13. The van der Waals surface area contributed by atoms with E-state index in [2.05, 4.69) is 29.7 Å². The molecule has 2 atom stereocenters. The molecule has 2 heterocycles. The Morgan fingerprint density at radius 3 is 3.11 bits per heavy atom. The molecule has 1 aromatic heterocycles. The molecule has 1 fully saturated rings. The van der Waals surface area contributed by atoms with Crippen LogP contribution in [0.3, 0.4) is 0 Å². The molecule has 0 bridgehead atoms. The lowest BCUT2D eigenvalue weighted by molar-refractivity contribution is -0.125. The summed E-state index contributed by atoms with van der Waals surface area (Å²) >= 11 is 1.79. The second-order valence-corrected chi connectivity index (χ2v) is 6.46. The van der Waals surface area contributed by atoms with E-state index in [1.54, 1.807) is 11.3 Å². The number of hydrogen-bond donors (Lipinski definition) is 2. The lowest BCUT2D eigenvalue weighted by Crippen LogP contribution is -2.43. The summed E-state index contributed by atoms with van der Waals surface area (Å²) in [4.78, 5) is 14.5. The number of ether oxygens (including phenoxy) is 1. The summed E-state index contributed by atoms with van der Waals surface area (Å²) in [6, 6.07) is 4.43. The van der Waals surface area contributed by atoms with Crippen LogP contribution in [0.1, 0.15) is 23.1 Å². The Bertz CT molecular complexity index is 413. The van der Waals surface area contributed by atoms with Crippen LogP contribution in [0.4, 0.5) is 0 Å². The number of carbonyl (C=O) groups excluding carboxylic acids is 1. The minimum absolute atomic E-state index is 0.0185. The lowest BCUT2D eigenvalue weighted by Gasteiger charge is -2.23. The molecule has 5 heteroatoms. The average Bonchev–Trinajstić information content (AvgIpc) is 2.75. The van der Waals surface area contributed by atoms with Crippen LogP contribution in [-0.2, 0) is 16.0 Å². The highest BCUT2D eigenvalue weighted by Crippen LogP contribution is 2.16. The van der Waals surface area contributed by atoms with E-state index in [-0.39, 0.29) is 18.1 Å². The molecule has 4 nitrogen and oxygen atoms in total. The van der Waals surface area contributed by atoms with E-state index in [0.717, 1.165) is 19.5 Å². The van der Waals surface area contributed by atoms with Gasteiger partial charge in [0.1, 0.15) is 0 Å². The number of hydrogen-bond acceptors (Lipinski definition) is 4. The highest BCUT2D eigenvalue weighted by atomic mass is 32.1. The smallest absolute Gasteiger partial charge is 0.222 e. The summed E-state index contributed by atoms with van der Waals surface area (Å²) in [5, 5.41) is 6.28. The normalized spacial score (nSPS) is 21.1. The minimum Gasteiger partial charge on any atom is -0.375 e. The Balaban J connectivity index is 1.71. The van der Waals surface area contributed by atoms with Crippen LogP contribution in [0.15, 0.2) is 12.1 Å². The topological polar surface area (TPSA) is 50.4 Å². The van der Waals surface area contributed by atoms with Gasteiger partial charge in [0.25, 0.3) is 0 Å². The lowest BCUT2D eigenvalue weighted by atomic mass is 10.1. The maximum atomic E-state index is 11.9. The van der Waals surface area contributed by atoms with Gasteiger partial charge in [-0.15, -0.1) is 11.3 Å². The first-order valence-corrected chi connectivity index (χ1v) is 7.62. The summed E-state index contributed by atoms with van der Waals surface area (Å²) < 4.78 is 5.53. The number of carbonyl (C=O) groups is 1. The molecule has 1 aliphatic heterocycles. The number of aryl methyl sites for hydroxylation is 1. The Morgan fingerprint density at radius 1 is 1.63 bits per heavy atom. The third kappa shape index (κ3) is 4.93. The Morgan fingerprint density at radius 2 is 2.47 bits per heavy atom. The predicted molar refractivity (Wildman–Crippen MR) is 77.6 cm³/mol. The van der Waals surface area contributed by atoms with Gasteiger partial charge in [0, 0.05) is 35.3 Å². The summed E-state index contributed by atoms with van der Waals surface area (Å²) in [7, 11) is 0. The fourth-order valence-electron chi connectivity index (χ4n) is 2.24. The van der Waals surface area contributed by atoms with Gasteiger partial charge in [0.05, 0.1) is 19.1 Å². The van der Waals surface area contributed by atoms with Crippen molar-refractivity contribution in [3.05, 3.63) is 21.9 Å². The fourth-order valence-corrected chi connectivity index (χ4v) is 3.26. The van der Waals surface area contributed by atoms with Gasteiger partial charge >= 0.3 is 0 Å². The molecule has 1 amide bonds. The summed E-state index contributed by atoms with van der Waals surface area (Å²) in [6.07, 6.45) is 1.36. The van der Waals surface area contributed by atoms with Crippen LogP contribution in [0, 0.1) is 6.92 Å². The zero-order chi connectivity index (χ0) is 13.7. The van der Waals surface area contributed by atoms with Crippen LogP contribution in [0.25, 0.3) is 0 Å². The minimum atomic E-state index is 0.0185. The standard InChI is InChI=1S/C14H22N2O2S/c1-10(7-13-4-3-11(2)19-13)16-14(17)8-12-9-15-5-6-18-12/h3-4,10,12,15H,5-9H2,1-2H3,(H,16,17). The van der Waals surface area contributed by atoms with Gasteiger partial charge in [0.2, 0.25) is 5.91 Å². The number of nitrogens with one attached hydrogen (secondary N) is 2. The van der Waals surface area contributed by atoms with Gasteiger partial charge in [-0.1, -0.05) is 0 Å². The molecule has 2 rings (SSSR count). The summed E-state index contributed by atoms with van der Waals surface area (Å²) in [5.74, 6) is 0.0782. The molecular weight excluding hydrogens is 260 g/mol. The molecule has 2 N–H and O–H groups in total. The van der Waals surface area contributed by atoms with Crippen LogP contribution < -0.4 is 10.6 Å². The van der Waals surface area contributed by atoms with Gasteiger partial charge in [0.15, 0.2) is 0 Å². The van der Waals surface area contributed by atoms with E-state index in [1.807, 2.05) is 6.92 Å². The first-order valence-electron chi connectivity index (χ1n) is 6.80. The van der Waals surface area contributed by atoms with Crippen molar-refractivity contribution >= 4 is 17.2 Å². The fraction of sp³-hybridized carbons (Fsp3) is 0.643. The molecule has 2 unspecified atom stereocenters. The van der Waals surface area contributed by atoms with Crippen LogP contribution in [-0.4, -0.2) is 37.7 Å². The van der Waals surface area contributed by atoms with E-state index in [0.29, 0.717) is 13.0 Å². The van der Waals surface area contributed by atoms with Crippen molar-refractivity contribution in [2.45, 2.75) is 38.8 Å². The highest BCUT2D eigenvalue weighted by molar-refractivity contribution is 7.11. The molecule has 1 saturated heterocycles. The monoisotopic (exact) mass is 282 g/mol. The van der Waals surface area contributed by atoms with Crippen molar-refractivity contribution in [3.63, 3.8) is 0 Å². The number of morpholine rings is 1. The van der Waals surface area contributed by atoms with Gasteiger partial charge in [-0.25, -0.2) is 0 Å². The molecule has 0 spiro atoms. The maximum Gasteiger partial charge on any atom is 0.222 e. The van der Waals surface area contributed by atoms with Gasteiger partial charge < -0.3 is 15.4 Å². The van der Waals surface area contributed by atoms with E-state index in [1.165, 1.54) is 9.75 Å². The molecule has 1 aromatic rings. The number of thiophene rings is 1. The summed E-state index contributed by atoms with van der Waals surface area (Å²) in [6.45, 7) is 6.50. The van der Waals surface area contributed by atoms with Gasteiger partial charge in [-0.2, -0.15) is 0 Å². The van der Waals surface area contributed by atoms with Crippen molar-refractivity contribution in [1.29, 1.82) is 0 Å². The summed E-state index contributed by atoms with van der Waals surface area (Å²) in [5.41, 5.74) is 0. The van der Waals surface area contributed by atoms with E-state index in [9.17, 15) is 4.79 Å². The second-order valence-electron chi connectivity index (χ2n) is 5.09. The molecule has 0 aliphatic carbocycles. The van der Waals surface area contributed by atoms with Crippen molar-refractivity contribution in [2.75, 3.05) is 19.7 Å². The molecule has 0 saturated carbocycles. The van der Waals surface area contributed by atoms with Crippen LogP contribution in [0.5, 0.6) is 0 Å². The molecular formula is C14H22N2O2S. The van der Waals surface area contributed by atoms with E-state index < -0.39 is 0 Å². The molecule has 19 heavy (non-hydrogen) atoms. The third-order valence-corrected chi connectivity index (χ3v) is 4.15. The zero-order valence-electron chi connectivity index (χ0n) is 11.6. The quantitative estimate of drug-likeness (QED) is 0.860. The maximum absolute atomic E-state index is 11.9. The van der Waals surface area contributed by atoms with Crippen molar-refractivity contribution < 1.29 is 9.53 Å². The Hall–Kier alpha value is -0.910. The highest BCUT2D eigenvalue weighted by Gasteiger charge is 2.18. The number of amides is 1. The van der Waals surface area contributed by atoms with E-state index in [4.69, 9.17) is 4.74 Å². The first kappa shape index (κ1) is 14.5. The van der Waals surface area contributed by atoms with E-state index >= 15 is 0 Å². The SMILES string of the molecule is Cc1ccc(CC(C)NC(=O)CC2CNCCO2)s1. The van der Waals surface area contributed by atoms with Gasteiger partial charge in [-0.3, -0.25) is 4.79 Å². The molecule has 1 aliphatic rings. The zero-order valence-corrected chi connectivity index (χ0v) is 12.4.